The molecule has 6 nitrogen and oxygen atoms in total. The first-order chi connectivity index (χ1) is 8.56. The second-order valence-corrected chi connectivity index (χ2v) is 4.58. The third-order valence-electron chi connectivity index (χ3n) is 3.06. The minimum atomic E-state index is -0.355. The molecule has 1 heterocycles. The lowest BCUT2D eigenvalue weighted by Gasteiger charge is -2.35. The van der Waals surface area contributed by atoms with Gasteiger partial charge in [-0.25, -0.2) is 4.79 Å². The van der Waals surface area contributed by atoms with Crippen molar-refractivity contribution in [1.82, 2.24) is 4.90 Å². The van der Waals surface area contributed by atoms with Crippen molar-refractivity contribution in [3.8, 4) is 0 Å². The van der Waals surface area contributed by atoms with Crippen molar-refractivity contribution in [3.05, 3.63) is 0 Å². The predicted molar refractivity (Wildman–Crippen MR) is 65.9 cm³/mol. The number of rotatable bonds is 4. The van der Waals surface area contributed by atoms with Crippen molar-refractivity contribution < 1.29 is 19.1 Å². The van der Waals surface area contributed by atoms with Gasteiger partial charge in [-0.05, 0) is 25.7 Å². The zero-order valence-corrected chi connectivity index (χ0v) is 11.1. The molecule has 1 amide bonds. The number of amides is 1. The Morgan fingerprint density at radius 3 is 2.72 bits per heavy atom. The number of carbonyl (C=O) groups excluding carboxylic acids is 2. The smallest absolute Gasteiger partial charge is 0.409 e. The average molecular weight is 258 g/mol. The molecule has 0 aliphatic carbocycles. The quantitative estimate of drug-likeness (QED) is 0.752. The van der Waals surface area contributed by atoms with Crippen LogP contribution < -0.4 is 5.73 Å². The number of carbonyl (C=O) groups is 2. The monoisotopic (exact) mass is 258 g/mol. The molecule has 0 aromatic heterocycles. The molecular weight excluding hydrogens is 236 g/mol. The molecule has 0 aromatic carbocycles. The summed E-state index contributed by atoms with van der Waals surface area (Å²) in [5.74, 6) is 0.0403. The van der Waals surface area contributed by atoms with E-state index in [1.165, 1.54) is 7.11 Å². The lowest BCUT2D eigenvalue weighted by Crippen LogP contribution is -2.49. The fourth-order valence-electron chi connectivity index (χ4n) is 2.29. The van der Waals surface area contributed by atoms with Crippen LogP contribution in [0.3, 0.4) is 0 Å². The van der Waals surface area contributed by atoms with Gasteiger partial charge < -0.3 is 20.1 Å². The molecule has 2 atom stereocenters. The molecule has 0 saturated carbocycles. The van der Waals surface area contributed by atoms with Crippen LogP contribution in [0.15, 0.2) is 0 Å². The molecule has 6 heteroatoms. The second-order valence-electron chi connectivity index (χ2n) is 4.58. The van der Waals surface area contributed by atoms with Crippen LogP contribution in [0.4, 0.5) is 4.79 Å². The van der Waals surface area contributed by atoms with Crippen LogP contribution in [-0.4, -0.2) is 49.8 Å². The largest absolute Gasteiger partial charge is 0.466 e. The highest BCUT2D eigenvalue weighted by Gasteiger charge is 2.28. The van der Waals surface area contributed by atoms with Gasteiger partial charge in [-0.1, -0.05) is 0 Å². The van der Waals surface area contributed by atoms with Crippen LogP contribution in [0.2, 0.25) is 0 Å². The van der Waals surface area contributed by atoms with E-state index >= 15 is 0 Å². The molecule has 1 aliphatic heterocycles. The summed E-state index contributed by atoms with van der Waals surface area (Å²) in [7, 11) is 1.36. The minimum Gasteiger partial charge on any atom is -0.466 e. The molecule has 0 aromatic rings. The van der Waals surface area contributed by atoms with E-state index in [0.717, 1.165) is 6.42 Å². The van der Waals surface area contributed by atoms with Crippen LogP contribution in [0.1, 0.15) is 26.2 Å². The van der Waals surface area contributed by atoms with E-state index < -0.39 is 0 Å². The van der Waals surface area contributed by atoms with Crippen molar-refractivity contribution in [2.45, 2.75) is 32.2 Å². The number of hydrogen-bond donors (Lipinski definition) is 1. The van der Waals surface area contributed by atoms with E-state index in [0.29, 0.717) is 32.5 Å². The first-order valence-electron chi connectivity index (χ1n) is 6.30. The van der Waals surface area contributed by atoms with Gasteiger partial charge in [-0.3, -0.25) is 4.79 Å². The van der Waals surface area contributed by atoms with Gasteiger partial charge in [0.25, 0.3) is 0 Å². The topological polar surface area (TPSA) is 81.9 Å². The van der Waals surface area contributed by atoms with Crippen LogP contribution in [-0.2, 0) is 14.3 Å². The van der Waals surface area contributed by atoms with E-state index in [4.69, 9.17) is 15.2 Å². The van der Waals surface area contributed by atoms with E-state index in [2.05, 4.69) is 0 Å². The zero-order chi connectivity index (χ0) is 13.5. The molecule has 1 rings (SSSR count). The lowest BCUT2D eigenvalue weighted by atomic mass is 9.91. The Bertz CT molecular complexity index is 296. The van der Waals surface area contributed by atoms with Crippen molar-refractivity contribution in [1.29, 1.82) is 0 Å². The van der Waals surface area contributed by atoms with E-state index in [9.17, 15) is 9.59 Å². The fourth-order valence-corrected chi connectivity index (χ4v) is 2.29. The maximum absolute atomic E-state index is 11.5. The van der Waals surface area contributed by atoms with E-state index in [1.54, 1.807) is 11.8 Å². The molecule has 104 valence electrons. The van der Waals surface area contributed by atoms with Gasteiger partial charge >= 0.3 is 12.1 Å². The highest BCUT2D eigenvalue weighted by molar-refractivity contribution is 5.69. The van der Waals surface area contributed by atoms with Gasteiger partial charge in [0.05, 0.1) is 13.7 Å². The summed E-state index contributed by atoms with van der Waals surface area (Å²) in [5.41, 5.74) is 5.91. The van der Waals surface area contributed by atoms with Gasteiger partial charge in [0, 0.05) is 25.6 Å². The molecule has 0 bridgehead atoms. The Labute approximate surface area is 107 Å². The number of piperidine rings is 1. The maximum atomic E-state index is 11.5. The Hall–Kier alpha value is -1.30. The van der Waals surface area contributed by atoms with Gasteiger partial charge in [0.1, 0.15) is 0 Å². The summed E-state index contributed by atoms with van der Waals surface area (Å²) in [6, 6.07) is -0.0509. The lowest BCUT2D eigenvalue weighted by molar-refractivity contribution is -0.143. The third-order valence-corrected chi connectivity index (χ3v) is 3.06. The standard InChI is InChI=1S/C12H22N2O4/c1-3-18-11(15)5-4-9-6-10(13)8-14(7-9)12(16)17-2/h9-10H,3-8,13H2,1-2H3. The number of hydrogen-bond acceptors (Lipinski definition) is 5. The van der Waals surface area contributed by atoms with Crippen LogP contribution in [0.5, 0.6) is 0 Å². The highest BCUT2D eigenvalue weighted by Crippen LogP contribution is 2.21. The summed E-state index contributed by atoms with van der Waals surface area (Å²) in [4.78, 5) is 24.3. The van der Waals surface area contributed by atoms with Crippen molar-refractivity contribution >= 4 is 12.1 Å². The molecule has 0 spiro atoms. The average Bonchev–Trinajstić information content (AvgIpc) is 2.35. The first-order valence-corrected chi connectivity index (χ1v) is 6.30. The molecule has 2 N–H and O–H groups in total. The van der Waals surface area contributed by atoms with E-state index in [1.807, 2.05) is 0 Å². The molecule has 0 radical (unpaired) electrons. The van der Waals surface area contributed by atoms with E-state index in [-0.39, 0.29) is 24.0 Å². The molecular formula is C12H22N2O4. The van der Waals surface area contributed by atoms with Gasteiger partial charge in [-0.15, -0.1) is 0 Å². The second kappa shape index (κ2) is 7.20. The number of likely N-dealkylation sites (tertiary alicyclic amines) is 1. The van der Waals surface area contributed by atoms with Crippen LogP contribution in [0.25, 0.3) is 0 Å². The normalized spacial score (nSPS) is 23.6. The Balaban J connectivity index is 2.41. The van der Waals surface area contributed by atoms with Crippen molar-refractivity contribution in [2.75, 3.05) is 26.8 Å². The Kier molecular flexibility index (Phi) is 5.91. The molecule has 2 unspecified atom stereocenters. The summed E-state index contributed by atoms with van der Waals surface area (Å²) < 4.78 is 9.57. The highest BCUT2D eigenvalue weighted by atomic mass is 16.5. The predicted octanol–water partition coefficient (Wildman–Crippen LogP) is 0.745. The molecule has 18 heavy (non-hydrogen) atoms. The third kappa shape index (κ3) is 4.52. The number of nitrogens with two attached hydrogens (primary N) is 1. The Morgan fingerprint density at radius 1 is 1.39 bits per heavy atom. The van der Waals surface area contributed by atoms with Gasteiger partial charge in [-0.2, -0.15) is 0 Å². The summed E-state index contributed by atoms with van der Waals surface area (Å²) in [6.07, 6.45) is 1.54. The van der Waals surface area contributed by atoms with Crippen molar-refractivity contribution in [3.63, 3.8) is 0 Å². The molecule has 1 aliphatic rings. The van der Waals surface area contributed by atoms with Crippen LogP contribution >= 0.6 is 0 Å². The van der Waals surface area contributed by atoms with Crippen LogP contribution in [0, 0.1) is 5.92 Å². The first kappa shape index (κ1) is 14.8. The summed E-state index contributed by atoms with van der Waals surface area (Å²) >= 11 is 0. The zero-order valence-electron chi connectivity index (χ0n) is 11.1. The molecule has 1 fully saturated rings. The van der Waals surface area contributed by atoms with Gasteiger partial charge in [0.2, 0.25) is 0 Å². The number of ether oxygens (including phenoxy) is 2. The number of esters is 1. The summed E-state index contributed by atoms with van der Waals surface area (Å²) in [5, 5.41) is 0. The maximum Gasteiger partial charge on any atom is 0.409 e. The molecule has 1 saturated heterocycles. The Morgan fingerprint density at radius 2 is 2.11 bits per heavy atom. The van der Waals surface area contributed by atoms with Gasteiger partial charge in [0.15, 0.2) is 0 Å². The minimum absolute atomic E-state index is 0.0509. The fraction of sp³-hybridized carbons (Fsp3) is 0.833. The number of methoxy groups -OCH3 is 1. The van der Waals surface area contributed by atoms with Crippen molar-refractivity contribution in [2.24, 2.45) is 11.7 Å². The number of nitrogens with zero attached hydrogens (tertiary/aromatic N) is 1. The SMILES string of the molecule is CCOC(=O)CCC1CC(N)CN(C(=O)OC)C1. The summed E-state index contributed by atoms with van der Waals surface area (Å²) in [6.45, 7) is 3.30.